The van der Waals surface area contributed by atoms with Crippen LogP contribution in [0.1, 0.15) is 18.4 Å². The molecule has 0 saturated carbocycles. The first-order chi connectivity index (χ1) is 11.0. The second-order valence-electron chi connectivity index (χ2n) is 5.90. The highest BCUT2D eigenvalue weighted by Crippen LogP contribution is 2.22. The summed E-state index contributed by atoms with van der Waals surface area (Å²) in [5.41, 5.74) is 0.573. The molecule has 1 saturated heterocycles. The topological polar surface area (TPSA) is 60.1 Å². The van der Waals surface area contributed by atoms with Gasteiger partial charge in [0.25, 0.3) is 0 Å². The number of likely N-dealkylation sites (tertiary alicyclic amines) is 1. The molecule has 1 atom stereocenters. The van der Waals surface area contributed by atoms with Gasteiger partial charge in [-0.25, -0.2) is 13.9 Å². The Balaban J connectivity index is 1.69. The first kappa shape index (κ1) is 15.5. The summed E-state index contributed by atoms with van der Waals surface area (Å²) in [5, 5.41) is 3.92. The number of nitrogens with zero attached hydrogens (tertiary/aromatic N) is 4. The largest absolute Gasteiger partial charge is 0.345 e. The van der Waals surface area contributed by atoms with E-state index >= 15 is 0 Å². The molecule has 0 radical (unpaired) electrons. The van der Waals surface area contributed by atoms with Gasteiger partial charge in [-0.05, 0) is 37.0 Å². The molecule has 3 rings (SSSR count). The zero-order valence-corrected chi connectivity index (χ0v) is 13.0. The van der Waals surface area contributed by atoms with Crippen LogP contribution in [0, 0.1) is 5.82 Å². The SMILES string of the molecule is Cn1cnn(CC(=O)N2CCC[C@@H]2Cc2cccc(F)c2)c1=O. The molecule has 1 aliphatic heterocycles. The fourth-order valence-electron chi connectivity index (χ4n) is 3.06. The van der Waals surface area contributed by atoms with Crippen LogP contribution in [0.2, 0.25) is 0 Å². The zero-order chi connectivity index (χ0) is 16.4. The van der Waals surface area contributed by atoms with Crippen molar-refractivity contribution in [2.45, 2.75) is 31.8 Å². The number of aryl methyl sites for hydroxylation is 1. The van der Waals surface area contributed by atoms with Crippen LogP contribution in [0.4, 0.5) is 4.39 Å². The van der Waals surface area contributed by atoms with E-state index in [1.54, 1.807) is 18.0 Å². The number of carbonyl (C=O) groups is 1. The van der Waals surface area contributed by atoms with Crippen LogP contribution in [-0.4, -0.2) is 37.7 Å². The summed E-state index contributed by atoms with van der Waals surface area (Å²) in [4.78, 5) is 26.1. The average Bonchev–Trinajstić information content (AvgIpc) is 3.09. The number of amides is 1. The summed E-state index contributed by atoms with van der Waals surface area (Å²) in [6.07, 6.45) is 3.83. The van der Waals surface area contributed by atoms with Gasteiger partial charge in [0.15, 0.2) is 0 Å². The molecule has 23 heavy (non-hydrogen) atoms. The van der Waals surface area contributed by atoms with Crippen molar-refractivity contribution in [3.05, 3.63) is 52.5 Å². The summed E-state index contributed by atoms with van der Waals surface area (Å²) in [5.74, 6) is -0.386. The van der Waals surface area contributed by atoms with E-state index in [2.05, 4.69) is 5.10 Å². The smallest absolute Gasteiger partial charge is 0.338 e. The number of hydrogen-bond acceptors (Lipinski definition) is 3. The summed E-state index contributed by atoms with van der Waals surface area (Å²) < 4.78 is 15.8. The molecule has 2 aromatic rings. The summed E-state index contributed by atoms with van der Waals surface area (Å²) in [7, 11) is 1.60. The standard InChI is InChI=1S/C16H19FN4O2/c1-19-11-18-21(16(19)23)10-15(22)20-7-3-6-14(20)9-12-4-2-5-13(17)8-12/h2,4-5,8,11,14H,3,6-7,9-10H2,1H3/t14-/m1/s1. The van der Waals surface area contributed by atoms with Crippen LogP contribution in [0.15, 0.2) is 35.4 Å². The lowest BCUT2D eigenvalue weighted by Crippen LogP contribution is -2.40. The Morgan fingerprint density at radius 3 is 2.96 bits per heavy atom. The van der Waals surface area contributed by atoms with Crippen LogP contribution in [-0.2, 0) is 24.8 Å². The Kier molecular flexibility index (Phi) is 4.27. The van der Waals surface area contributed by atoms with Crippen LogP contribution in [0.3, 0.4) is 0 Å². The number of halogens is 1. The molecular weight excluding hydrogens is 299 g/mol. The first-order valence-corrected chi connectivity index (χ1v) is 7.67. The van der Waals surface area contributed by atoms with Crippen molar-refractivity contribution in [3.63, 3.8) is 0 Å². The van der Waals surface area contributed by atoms with E-state index in [0.717, 1.165) is 18.4 Å². The molecule has 1 aromatic carbocycles. The molecule has 1 amide bonds. The second-order valence-corrected chi connectivity index (χ2v) is 5.90. The van der Waals surface area contributed by atoms with Gasteiger partial charge >= 0.3 is 5.69 Å². The first-order valence-electron chi connectivity index (χ1n) is 7.67. The molecule has 0 spiro atoms. The Hall–Kier alpha value is -2.44. The third-order valence-corrected chi connectivity index (χ3v) is 4.23. The second kappa shape index (κ2) is 6.36. The molecule has 7 heteroatoms. The van der Waals surface area contributed by atoms with Crippen molar-refractivity contribution in [2.24, 2.45) is 7.05 Å². The predicted molar refractivity (Wildman–Crippen MR) is 82.3 cm³/mol. The predicted octanol–water partition coefficient (Wildman–Crippen LogP) is 0.955. The molecule has 0 unspecified atom stereocenters. The normalized spacial score (nSPS) is 17.7. The van der Waals surface area contributed by atoms with Gasteiger partial charge in [0.1, 0.15) is 18.7 Å². The Bertz CT molecular complexity index is 767. The van der Waals surface area contributed by atoms with Gasteiger partial charge in [0.2, 0.25) is 5.91 Å². The van der Waals surface area contributed by atoms with Crippen molar-refractivity contribution in [2.75, 3.05) is 6.54 Å². The lowest BCUT2D eigenvalue weighted by Gasteiger charge is -2.24. The van der Waals surface area contributed by atoms with Crippen molar-refractivity contribution in [1.82, 2.24) is 19.2 Å². The lowest BCUT2D eigenvalue weighted by molar-refractivity contribution is -0.132. The Labute approximate surface area is 133 Å². The molecule has 0 aliphatic carbocycles. The molecule has 0 bridgehead atoms. The molecule has 1 aliphatic rings. The van der Waals surface area contributed by atoms with Crippen molar-refractivity contribution < 1.29 is 9.18 Å². The van der Waals surface area contributed by atoms with Gasteiger partial charge in [-0.15, -0.1) is 0 Å². The highest BCUT2D eigenvalue weighted by atomic mass is 19.1. The fraction of sp³-hybridized carbons (Fsp3) is 0.438. The number of aromatic nitrogens is 3. The maximum absolute atomic E-state index is 13.3. The van der Waals surface area contributed by atoms with Gasteiger partial charge in [-0.3, -0.25) is 9.36 Å². The molecule has 1 fully saturated rings. The van der Waals surface area contributed by atoms with E-state index in [4.69, 9.17) is 0 Å². The van der Waals surface area contributed by atoms with E-state index in [0.29, 0.717) is 13.0 Å². The van der Waals surface area contributed by atoms with E-state index in [9.17, 15) is 14.0 Å². The van der Waals surface area contributed by atoms with E-state index in [1.807, 2.05) is 6.07 Å². The molecule has 1 aromatic heterocycles. The molecule has 2 heterocycles. The summed E-state index contributed by atoms with van der Waals surface area (Å²) in [6.45, 7) is 0.611. The maximum atomic E-state index is 13.3. The quantitative estimate of drug-likeness (QED) is 0.843. The van der Waals surface area contributed by atoms with E-state index < -0.39 is 0 Å². The molecule has 0 N–H and O–H groups in total. The third-order valence-electron chi connectivity index (χ3n) is 4.23. The minimum absolute atomic E-state index is 0.0451. The highest BCUT2D eigenvalue weighted by molar-refractivity contribution is 5.76. The highest BCUT2D eigenvalue weighted by Gasteiger charge is 2.29. The third kappa shape index (κ3) is 3.33. The van der Waals surface area contributed by atoms with E-state index in [1.165, 1.54) is 27.7 Å². The van der Waals surface area contributed by atoms with Crippen molar-refractivity contribution >= 4 is 5.91 Å². The maximum Gasteiger partial charge on any atom is 0.345 e. The van der Waals surface area contributed by atoms with E-state index in [-0.39, 0.29) is 30.0 Å². The number of benzene rings is 1. The Morgan fingerprint density at radius 1 is 1.43 bits per heavy atom. The number of carbonyl (C=O) groups excluding carboxylic acids is 1. The van der Waals surface area contributed by atoms with Crippen molar-refractivity contribution in [3.8, 4) is 0 Å². The number of hydrogen-bond donors (Lipinski definition) is 0. The van der Waals surface area contributed by atoms with Crippen LogP contribution < -0.4 is 5.69 Å². The van der Waals surface area contributed by atoms with Gasteiger partial charge in [0.05, 0.1) is 0 Å². The average molecular weight is 318 g/mol. The molecular formula is C16H19FN4O2. The monoisotopic (exact) mass is 318 g/mol. The van der Waals surface area contributed by atoms with Crippen LogP contribution >= 0.6 is 0 Å². The van der Waals surface area contributed by atoms with Crippen LogP contribution in [0.25, 0.3) is 0 Å². The molecule has 6 nitrogen and oxygen atoms in total. The minimum atomic E-state index is -0.306. The van der Waals surface area contributed by atoms with Crippen molar-refractivity contribution in [1.29, 1.82) is 0 Å². The zero-order valence-electron chi connectivity index (χ0n) is 13.0. The summed E-state index contributed by atoms with van der Waals surface area (Å²) >= 11 is 0. The minimum Gasteiger partial charge on any atom is -0.338 e. The lowest BCUT2D eigenvalue weighted by atomic mass is 10.0. The Morgan fingerprint density at radius 2 is 2.26 bits per heavy atom. The number of rotatable bonds is 4. The van der Waals surface area contributed by atoms with Gasteiger partial charge in [-0.1, -0.05) is 12.1 Å². The summed E-state index contributed by atoms with van der Waals surface area (Å²) in [6, 6.07) is 6.51. The van der Waals surface area contributed by atoms with Crippen LogP contribution in [0.5, 0.6) is 0 Å². The van der Waals surface area contributed by atoms with Gasteiger partial charge in [0, 0.05) is 19.6 Å². The fourth-order valence-corrected chi connectivity index (χ4v) is 3.06. The molecule has 122 valence electrons. The van der Waals surface area contributed by atoms with Gasteiger partial charge < -0.3 is 4.90 Å². The van der Waals surface area contributed by atoms with Gasteiger partial charge in [-0.2, -0.15) is 5.10 Å².